The highest BCUT2D eigenvalue weighted by molar-refractivity contribution is 6.42. The van der Waals surface area contributed by atoms with Gasteiger partial charge < -0.3 is 16.4 Å². The van der Waals surface area contributed by atoms with Gasteiger partial charge in [-0.2, -0.15) is 0 Å². The van der Waals surface area contributed by atoms with E-state index in [1.54, 1.807) is 18.2 Å². The summed E-state index contributed by atoms with van der Waals surface area (Å²) >= 11 is 11.6. The Kier molecular flexibility index (Phi) is 5.72. The molecule has 0 aromatic heterocycles. The first kappa shape index (κ1) is 15.1. The van der Waals surface area contributed by atoms with E-state index < -0.39 is 0 Å². The Balaban J connectivity index is 2.61. The fourth-order valence-corrected chi connectivity index (χ4v) is 1.71. The van der Waals surface area contributed by atoms with Crippen LogP contribution >= 0.6 is 23.2 Å². The zero-order valence-corrected chi connectivity index (χ0v) is 11.8. The van der Waals surface area contributed by atoms with Crippen LogP contribution in [0.2, 0.25) is 10.0 Å². The maximum Gasteiger partial charge on any atom is 0.319 e. The van der Waals surface area contributed by atoms with Gasteiger partial charge in [0.15, 0.2) is 0 Å². The molecule has 0 spiro atoms. The molecule has 0 fully saturated rings. The van der Waals surface area contributed by atoms with E-state index >= 15 is 0 Å². The highest BCUT2D eigenvalue weighted by Crippen LogP contribution is 2.24. The van der Waals surface area contributed by atoms with Crippen LogP contribution in [0.15, 0.2) is 18.2 Å². The van der Waals surface area contributed by atoms with Crippen molar-refractivity contribution in [2.75, 3.05) is 11.9 Å². The van der Waals surface area contributed by atoms with Crippen LogP contribution in [0.3, 0.4) is 0 Å². The Morgan fingerprint density at radius 1 is 1.33 bits per heavy atom. The topological polar surface area (TPSA) is 67.1 Å². The number of amides is 2. The molecule has 1 aromatic carbocycles. The first-order valence-corrected chi connectivity index (χ1v) is 6.42. The third-order valence-electron chi connectivity index (χ3n) is 2.55. The summed E-state index contributed by atoms with van der Waals surface area (Å²) < 4.78 is 0. The molecule has 0 aliphatic heterocycles. The highest BCUT2D eigenvalue weighted by Gasteiger charge is 2.14. The van der Waals surface area contributed by atoms with Gasteiger partial charge in [-0.1, -0.05) is 37.0 Å². The van der Waals surface area contributed by atoms with Crippen molar-refractivity contribution in [1.29, 1.82) is 0 Å². The molecule has 100 valence electrons. The fraction of sp³-hybridized carbons (Fsp3) is 0.417. The number of carbonyl (C=O) groups excluding carboxylic acids is 1. The fourth-order valence-electron chi connectivity index (χ4n) is 1.41. The smallest absolute Gasteiger partial charge is 0.319 e. The van der Waals surface area contributed by atoms with Crippen molar-refractivity contribution in [1.82, 2.24) is 5.32 Å². The minimum atomic E-state index is -0.308. The molecular weight excluding hydrogens is 273 g/mol. The van der Waals surface area contributed by atoms with Crippen molar-refractivity contribution in [2.24, 2.45) is 11.7 Å². The van der Waals surface area contributed by atoms with E-state index in [2.05, 4.69) is 10.6 Å². The molecule has 0 aliphatic carbocycles. The number of nitrogens with one attached hydrogen (secondary N) is 2. The first-order valence-electron chi connectivity index (χ1n) is 5.66. The summed E-state index contributed by atoms with van der Waals surface area (Å²) in [6.07, 6.45) is 0. The van der Waals surface area contributed by atoms with E-state index in [0.29, 0.717) is 22.3 Å². The van der Waals surface area contributed by atoms with Gasteiger partial charge in [-0.05, 0) is 24.1 Å². The normalized spacial score (nSPS) is 12.3. The molecule has 0 saturated carbocycles. The zero-order chi connectivity index (χ0) is 13.7. The molecule has 0 bridgehead atoms. The van der Waals surface area contributed by atoms with E-state index in [9.17, 15) is 4.79 Å². The molecule has 0 saturated heterocycles. The third-order valence-corrected chi connectivity index (χ3v) is 3.29. The van der Waals surface area contributed by atoms with Gasteiger partial charge in [-0.15, -0.1) is 0 Å². The van der Waals surface area contributed by atoms with Gasteiger partial charge in [0.25, 0.3) is 0 Å². The Hall–Kier alpha value is -0.970. The van der Waals surface area contributed by atoms with Gasteiger partial charge >= 0.3 is 6.03 Å². The highest BCUT2D eigenvalue weighted by atomic mass is 35.5. The predicted molar refractivity (Wildman–Crippen MR) is 76.3 cm³/mol. The maximum absolute atomic E-state index is 11.7. The van der Waals surface area contributed by atoms with E-state index in [4.69, 9.17) is 28.9 Å². The maximum atomic E-state index is 11.7. The average Bonchev–Trinajstić information content (AvgIpc) is 2.30. The lowest BCUT2D eigenvalue weighted by Crippen LogP contribution is -2.45. The molecule has 2 amide bonds. The molecule has 1 aromatic rings. The lowest BCUT2D eigenvalue weighted by molar-refractivity contribution is 0.245. The van der Waals surface area contributed by atoms with Crippen molar-refractivity contribution >= 4 is 34.9 Å². The Labute approximate surface area is 117 Å². The molecule has 1 unspecified atom stereocenters. The lowest BCUT2D eigenvalue weighted by atomic mass is 10.1. The van der Waals surface area contributed by atoms with Crippen LogP contribution in [0.4, 0.5) is 10.5 Å². The molecule has 1 atom stereocenters. The van der Waals surface area contributed by atoms with Crippen LogP contribution in [0.5, 0.6) is 0 Å². The molecule has 18 heavy (non-hydrogen) atoms. The summed E-state index contributed by atoms with van der Waals surface area (Å²) in [7, 11) is 0. The zero-order valence-electron chi connectivity index (χ0n) is 10.3. The van der Waals surface area contributed by atoms with E-state index in [1.807, 2.05) is 13.8 Å². The van der Waals surface area contributed by atoms with Crippen LogP contribution in [0.25, 0.3) is 0 Å². The minimum Gasteiger partial charge on any atom is -0.334 e. The third kappa shape index (κ3) is 4.37. The summed E-state index contributed by atoms with van der Waals surface area (Å²) in [4.78, 5) is 11.7. The standard InChI is InChI=1S/C12H17Cl2N3O/c1-7(2)11(6-15)17-12(18)16-8-3-4-9(13)10(14)5-8/h3-5,7,11H,6,15H2,1-2H3,(H2,16,17,18). The molecule has 1 rings (SSSR count). The SMILES string of the molecule is CC(C)C(CN)NC(=O)Nc1ccc(Cl)c(Cl)c1. The number of anilines is 1. The Morgan fingerprint density at radius 3 is 2.50 bits per heavy atom. The summed E-state index contributed by atoms with van der Waals surface area (Å²) in [6, 6.07) is 4.53. The quantitative estimate of drug-likeness (QED) is 0.797. The number of urea groups is 1. The number of nitrogens with two attached hydrogens (primary N) is 1. The minimum absolute atomic E-state index is 0.0622. The van der Waals surface area contributed by atoms with Crippen LogP contribution in [0, 0.1) is 5.92 Å². The molecular formula is C12H17Cl2N3O. The molecule has 6 heteroatoms. The van der Waals surface area contributed by atoms with Gasteiger partial charge in [0.05, 0.1) is 10.0 Å². The second kappa shape index (κ2) is 6.83. The van der Waals surface area contributed by atoms with Crippen molar-refractivity contribution in [3.63, 3.8) is 0 Å². The van der Waals surface area contributed by atoms with Gasteiger partial charge in [0.2, 0.25) is 0 Å². The van der Waals surface area contributed by atoms with Crippen molar-refractivity contribution < 1.29 is 4.79 Å². The van der Waals surface area contributed by atoms with Crippen LogP contribution in [-0.4, -0.2) is 18.6 Å². The van der Waals surface area contributed by atoms with Crippen molar-refractivity contribution in [2.45, 2.75) is 19.9 Å². The number of benzene rings is 1. The Bertz CT molecular complexity index is 424. The van der Waals surface area contributed by atoms with Gasteiger partial charge in [-0.3, -0.25) is 0 Å². The Morgan fingerprint density at radius 2 is 2.00 bits per heavy atom. The second-order valence-corrected chi connectivity index (χ2v) is 5.13. The monoisotopic (exact) mass is 289 g/mol. The summed E-state index contributed by atoms with van der Waals surface area (Å²) in [6.45, 7) is 4.39. The van der Waals surface area contributed by atoms with Crippen LogP contribution < -0.4 is 16.4 Å². The van der Waals surface area contributed by atoms with E-state index in [0.717, 1.165) is 0 Å². The van der Waals surface area contributed by atoms with E-state index in [1.165, 1.54) is 0 Å². The summed E-state index contributed by atoms with van der Waals surface area (Å²) in [5, 5.41) is 6.32. The number of hydrogen-bond donors (Lipinski definition) is 3. The van der Waals surface area contributed by atoms with Crippen LogP contribution in [-0.2, 0) is 0 Å². The molecule has 4 N–H and O–H groups in total. The number of rotatable bonds is 4. The first-order chi connectivity index (χ1) is 8.43. The number of halogens is 2. The van der Waals surface area contributed by atoms with Gasteiger partial charge in [-0.25, -0.2) is 4.79 Å². The van der Waals surface area contributed by atoms with Gasteiger partial charge in [0.1, 0.15) is 0 Å². The lowest BCUT2D eigenvalue weighted by Gasteiger charge is -2.20. The van der Waals surface area contributed by atoms with Crippen molar-refractivity contribution in [3.05, 3.63) is 28.2 Å². The second-order valence-electron chi connectivity index (χ2n) is 4.31. The number of carbonyl (C=O) groups is 1. The largest absolute Gasteiger partial charge is 0.334 e. The summed E-state index contributed by atoms with van der Waals surface area (Å²) in [5.74, 6) is 0.273. The van der Waals surface area contributed by atoms with Crippen LogP contribution in [0.1, 0.15) is 13.8 Å². The molecule has 0 radical (unpaired) electrons. The van der Waals surface area contributed by atoms with E-state index in [-0.39, 0.29) is 18.0 Å². The molecule has 4 nitrogen and oxygen atoms in total. The average molecular weight is 290 g/mol. The molecule has 0 aliphatic rings. The molecule has 0 heterocycles. The predicted octanol–water partition coefficient (Wildman–Crippen LogP) is 3.10. The summed E-state index contributed by atoms with van der Waals surface area (Å²) in [5.41, 5.74) is 6.16. The number of hydrogen-bond acceptors (Lipinski definition) is 2. The van der Waals surface area contributed by atoms with Gasteiger partial charge in [0, 0.05) is 18.3 Å². The van der Waals surface area contributed by atoms with Crippen molar-refractivity contribution in [3.8, 4) is 0 Å².